The van der Waals surface area contributed by atoms with Crippen molar-refractivity contribution < 1.29 is 13.2 Å². The Morgan fingerprint density at radius 1 is 1.04 bits per heavy atom. The summed E-state index contributed by atoms with van der Waals surface area (Å²) in [7, 11) is 1.21. The number of anilines is 1. The van der Waals surface area contributed by atoms with Gasteiger partial charge in [0.1, 0.15) is 0 Å². The average molecular weight is 389 g/mol. The zero-order valence-corrected chi connectivity index (χ0v) is 16.6. The van der Waals surface area contributed by atoms with E-state index in [2.05, 4.69) is 15.1 Å². The van der Waals surface area contributed by atoms with Crippen molar-refractivity contribution in [2.75, 3.05) is 39.1 Å². The molecule has 0 bridgehead atoms. The third-order valence-electron chi connectivity index (χ3n) is 4.72. The topological polar surface area (TPSA) is 86.7 Å². The van der Waals surface area contributed by atoms with Crippen molar-refractivity contribution in [3.05, 3.63) is 47.7 Å². The van der Waals surface area contributed by atoms with E-state index in [0.29, 0.717) is 18.7 Å². The van der Waals surface area contributed by atoms with E-state index in [0.717, 1.165) is 15.8 Å². The van der Waals surface area contributed by atoms with E-state index in [4.69, 9.17) is 0 Å². The van der Waals surface area contributed by atoms with Crippen molar-refractivity contribution in [1.82, 2.24) is 19.4 Å². The second kappa shape index (κ2) is 7.24. The lowest BCUT2D eigenvalue weighted by Gasteiger charge is -2.44. The maximum Gasteiger partial charge on any atom is 0.253 e. The fraction of sp³-hybridized carbons (Fsp3) is 0.389. The van der Waals surface area contributed by atoms with Gasteiger partial charge < -0.3 is 9.80 Å². The molecule has 0 unspecified atom stereocenters. The number of carbonyl (C=O) groups is 1. The number of sulfonamides is 1. The predicted molar refractivity (Wildman–Crippen MR) is 102 cm³/mol. The number of benzene rings is 1. The van der Waals surface area contributed by atoms with Crippen molar-refractivity contribution in [2.45, 2.75) is 17.9 Å². The Morgan fingerprint density at radius 3 is 2.19 bits per heavy atom. The van der Waals surface area contributed by atoms with E-state index in [9.17, 15) is 13.2 Å². The van der Waals surface area contributed by atoms with Gasteiger partial charge in [0.15, 0.2) is 5.82 Å². The van der Waals surface area contributed by atoms with Crippen LogP contribution in [0.1, 0.15) is 16.1 Å². The molecule has 2 heterocycles. The number of aryl methyl sites for hydroxylation is 1. The smallest absolute Gasteiger partial charge is 0.253 e. The zero-order valence-electron chi connectivity index (χ0n) is 15.8. The molecule has 0 N–H and O–H groups in total. The van der Waals surface area contributed by atoms with Crippen molar-refractivity contribution >= 4 is 21.7 Å². The number of likely N-dealkylation sites (N-methyl/N-ethyl adjacent to an activating group) is 1. The quantitative estimate of drug-likeness (QED) is 0.758. The maximum absolute atomic E-state index is 12.7. The van der Waals surface area contributed by atoms with Crippen molar-refractivity contribution in [1.29, 1.82) is 0 Å². The fourth-order valence-corrected chi connectivity index (χ4v) is 3.70. The van der Waals surface area contributed by atoms with Crippen LogP contribution in [0.4, 0.5) is 5.82 Å². The van der Waals surface area contributed by atoms with E-state index in [1.54, 1.807) is 24.1 Å². The van der Waals surface area contributed by atoms with Crippen molar-refractivity contribution in [3.8, 4) is 0 Å². The molecule has 1 aliphatic heterocycles. The Kier molecular flexibility index (Phi) is 5.16. The number of hydrogen-bond donors (Lipinski definition) is 0. The van der Waals surface area contributed by atoms with Crippen LogP contribution in [0.15, 0.2) is 41.3 Å². The first-order valence-corrected chi connectivity index (χ1v) is 9.99. The molecule has 1 aromatic heterocycles. The number of hydrogen-bond acceptors (Lipinski definition) is 6. The van der Waals surface area contributed by atoms with Gasteiger partial charge in [-0.3, -0.25) is 4.79 Å². The van der Waals surface area contributed by atoms with E-state index in [1.807, 2.05) is 19.1 Å². The third-order valence-corrected chi connectivity index (χ3v) is 6.55. The lowest BCUT2D eigenvalue weighted by molar-refractivity contribution is 0.0705. The average Bonchev–Trinajstić information content (AvgIpc) is 2.61. The van der Waals surface area contributed by atoms with Crippen LogP contribution in [-0.4, -0.2) is 74.0 Å². The van der Waals surface area contributed by atoms with Crippen LogP contribution in [0.3, 0.4) is 0 Å². The van der Waals surface area contributed by atoms with Gasteiger partial charge in [-0.05, 0) is 43.3 Å². The second-order valence-electron chi connectivity index (χ2n) is 6.82. The van der Waals surface area contributed by atoms with Gasteiger partial charge in [0, 0.05) is 39.8 Å². The minimum Gasteiger partial charge on any atom is -0.351 e. The Hall–Kier alpha value is -2.52. The Morgan fingerprint density at radius 2 is 1.67 bits per heavy atom. The van der Waals surface area contributed by atoms with Crippen molar-refractivity contribution in [2.24, 2.45) is 0 Å². The zero-order chi connectivity index (χ0) is 19.8. The lowest BCUT2D eigenvalue weighted by Crippen LogP contribution is -2.60. The molecule has 144 valence electrons. The molecule has 1 fully saturated rings. The molecule has 1 aliphatic rings. The van der Waals surface area contributed by atoms with Crippen LogP contribution in [0.5, 0.6) is 0 Å². The summed E-state index contributed by atoms with van der Waals surface area (Å²) in [5.41, 5.74) is 1.33. The molecule has 1 saturated heterocycles. The van der Waals surface area contributed by atoms with Gasteiger partial charge in [-0.15, -0.1) is 5.10 Å². The highest BCUT2D eigenvalue weighted by Crippen LogP contribution is 2.22. The van der Waals surface area contributed by atoms with Gasteiger partial charge >= 0.3 is 0 Å². The van der Waals surface area contributed by atoms with Gasteiger partial charge in [0.05, 0.1) is 16.6 Å². The van der Waals surface area contributed by atoms with Gasteiger partial charge in [0.2, 0.25) is 10.0 Å². The van der Waals surface area contributed by atoms with Crippen LogP contribution >= 0.6 is 0 Å². The summed E-state index contributed by atoms with van der Waals surface area (Å²) >= 11 is 0. The summed E-state index contributed by atoms with van der Waals surface area (Å²) in [5.74, 6) is 0.666. The molecule has 2 aromatic rings. The van der Waals surface area contributed by atoms with E-state index < -0.39 is 10.0 Å². The highest BCUT2D eigenvalue weighted by molar-refractivity contribution is 7.89. The van der Waals surface area contributed by atoms with Gasteiger partial charge in [0.25, 0.3) is 5.91 Å². The summed E-state index contributed by atoms with van der Waals surface area (Å²) in [6.45, 7) is 3.26. The minimum atomic E-state index is -3.50. The normalized spacial score (nSPS) is 14.9. The Balaban J connectivity index is 1.64. The summed E-state index contributed by atoms with van der Waals surface area (Å²) in [6, 6.07) is 9.94. The monoisotopic (exact) mass is 389 g/mol. The molecular formula is C18H23N5O3S. The minimum absolute atomic E-state index is 0.0748. The molecule has 0 radical (unpaired) electrons. The summed E-state index contributed by atoms with van der Waals surface area (Å²) in [4.78, 5) is 16.6. The standard InChI is InChI=1S/C18H23N5O3S/c1-13-5-10-17(20-19-13)23-11-15(12-23)22(4)18(24)14-6-8-16(9-7-14)27(25,26)21(2)3/h5-10,15H,11-12H2,1-4H3. The molecule has 0 spiro atoms. The van der Waals surface area contributed by atoms with Crippen molar-refractivity contribution in [3.63, 3.8) is 0 Å². The van der Waals surface area contributed by atoms with E-state index in [1.165, 1.54) is 26.2 Å². The predicted octanol–water partition coefficient (Wildman–Crippen LogP) is 0.996. The summed E-state index contributed by atoms with van der Waals surface area (Å²) in [6.07, 6.45) is 0. The lowest BCUT2D eigenvalue weighted by atomic mass is 10.1. The highest BCUT2D eigenvalue weighted by atomic mass is 32.2. The molecule has 27 heavy (non-hydrogen) atoms. The number of nitrogens with zero attached hydrogens (tertiary/aromatic N) is 5. The molecule has 8 nitrogen and oxygen atoms in total. The van der Waals surface area contributed by atoms with Gasteiger partial charge in [-0.2, -0.15) is 5.10 Å². The summed E-state index contributed by atoms with van der Waals surface area (Å²) in [5, 5.41) is 8.21. The first-order chi connectivity index (χ1) is 12.7. The second-order valence-corrected chi connectivity index (χ2v) is 8.97. The first kappa shape index (κ1) is 19.2. The van der Waals surface area contributed by atoms with Gasteiger partial charge in [-0.1, -0.05) is 0 Å². The largest absolute Gasteiger partial charge is 0.351 e. The number of amides is 1. The number of aromatic nitrogens is 2. The molecule has 0 saturated carbocycles. The van der Waals surface area contributed by atoms with Crippen LogP contribution in [0.25, 0.3) is 0 Å². The molecule has 9 heteroatoms. The first-order valence-electron chi connectivity index (χ1n) is 8.55. The van der Waals surface area contributed by atoms with Crippen LogP contribution in [0.2, 0.25) is 0 Å². The molecule has 3 rings (SSSR count). The van der Waals surface area contributed by atoms with E-state index in [-0.39, 0.29) is 16.8 Å². The molecule has 1 amide bonds. The Bertz CT molecular complexity index is 920. The highest BCUT2D eigenvalue weighted by Gasteiger charge is 2.33. The van der Waals surface area contributed by atoms with Gasteiger partial charge in [-0.25, -0.2) is 12.7 Å². The molecule has 0 aliphatic carbocycles. The summed E-state index contributed by atoms with van der Waals surface area (Å²) < 4.78 is 25.4. The third kappa shape index (κ3) is 3.79. The molecular weight excluding hydrogens is 366 g/mol. The van der Waals surface area contributed by atoms with Crippen LogP contribution < -0.4 is 4.90 Å². The fourth-order valence-electron chi connectivity index (χ4n) is 2.80. The SMILES string of the molecule is Cc1ccc(N2CC(N(C)C(=O)c3ccc(S(=O)(=O)N(C)C)cc3)C2)nn1. The maximum atomic E-state index is 12.7. The van der Waals surface area contributed by atoms with Crippen LogP contribution in [-0.2, 0) is 10.0 Å². The van der Waals surface area contributed by atoms with E-state index >= 15 is 0 Å². The molecule has 0 atom stereocenters. The molecule has 1 aromatic carbocycles. The number of carbonyl (C=O) groups excluding carboxylic acids is 1. The Labute approximate surface area is 159 Å². The number of rotatable bonds is 5. The van der Waals surface area contributed by atoms with Crippen LogP contribution in [0, 0.1) is 6.92 Å².